The monoisotopic (exact) mass is 315 g/mol. The molecule has 0 aromatic heterocycles. The second-order valence-electron chi connectivity index (χ2n) is 6.49. The number of amides is 2. The van der Waals surface area contributed by atoms with E-state index in [0.717, 1.165) is 32.5 Å². The summed E-state index contributed by atoms with van der Waals surface area (Å²) in [5, 5.41) is 2.83. The van der Waals surface area contributed by atoms with Crippen LogP contribution in [0.3, 0.4) is 0 Å². The summed E-state index contributed by atoms with van der Waals surface area (Å²) >= 11 is 0. The molecule has 0 aliphatic carbocycles. The van der Waals surface area contributed by atoms with Crippen LogP contribution < -0.4 is 5.32 Å². The van der Waals surface area contributed by atoms with E-state index in [1.54, 1.807) is 0 Å². The fourth-order valence-corrected chi connectivity index (χ4v) is 3.49. The lowest BCUT2D eigenvalue weighted by atomic mass is 9.96. The van der Waals surface area contributed by atoms with Gasteiger partial charge in [-0.3, -0.25) is 14.5 Å². The minimum atomic E-state index is 0.0506. The highest BCUT2D eigenvalue weighted by Gasteiger charge is 2.30. The maximum atomic E-state index is 12.8. The number of nitrogens with one attached hydrogen (secondary N) is 1. The standard InChI is InChI=1S/C18H25N3O2/c22-17-8-11-21(12-9-19-17)18(23)16-7-4-10-20(14-16)13-15-5-2-1-3-6-15/h1-3,5-6,16H,4,7-14H2,(H,19,22)/t16-/m1/s1. The van der Waals surface area contributed by atoms with Crippen molar-refractivity contribution < 1.29 is 9.59 Å². The zero-order chi connectivity index (χ0) is 16.1. The summed E-state index contributed by atoms with van der Waals surface area (Å²) in [7, 11) is 0. The van der Waals surface area contributed by atoms with Gasteiger partial charge in [0, 0.05) is 39.1 Å². The zero-order valence-corrected chi connectivity index (χ0v) is 13.5. The lowest BCUT2D eigenvalue weighted by molar-refractivity contribution is -0.137. The van der Waals surface area contributed by atoms with Gasteiger partial charge in [0.2, 0.25) is 11.8 Å². The predicted molar refractivity (Wildman–Crippen MR) is 88.6 cm³/mol. The van der Waals surface area contributed by atoms with Gasteiger partial charge in [0.05, 0.1) is 5.92 Å². The highest BCUT2D eigenvalue weighted by molar-refractivity contribution is 5.81. The number of nitrogens with zero attached hydrogens (tertiary/aromatic N) is 2. The van der Waals surface area contributed by atoms with Gasteiger partial charge in [-0.05, 0) is 24.9 Å². The third kappa shape index (κ3) is 4.32. The van der Waals surface area contributed by atoms with E-state index in [2.05, 4.69) is 34.5 Å². The summed E-state index contributed by atoms with van der Waals surface area (Å²) in [5.41, 5.74) is 1.30. The molecule has 2 aliphatic rings. The zero-order valence-electron chi connectivity index (χ0n) is 13.5. The molecule has 1 N–H and O–H groups in total. The average molecular weight is 315 g/mol. The van der Waals surface area contributed by atoms with Crippen LogP contribution in [0.25, 0.3) is 0 Å². The maximum absolute atomic E-state index is 12.8. The number of carbonyl (C=O) groups excluding carboxylic acids is 2. The van der Waals surface area contributed by atoms with Crippen LogP contribution in [0, 0.1) is 5.92 Å². The van der Waals surface area contributed by atoms with Crippen molar-refractivity contribution >= 4 is 11.8 Å². The van der Waals surface area contributed by atoms with Crippen LogP contribution in [0.4, 0.5) is 0 Å². The molecule has 124 valence electrons. The summed E-state index contributed by atoms with van der Waals surface area (Å²) in [6, 6.07) is 10.4. The van der Waals surface area contributed by atoms with Gasteiger partial charge in [0.25, 0.3) is 0 Å². The highest BCUT2D eigenvalue weighted by Crippen LogP contribution is 2.21. The second-order valence-corrected chi connectivity index (χ2v) is 6.49. The van der Waals surface area contributed by atoms with E-state index in [9.17, 15) is 9.59 Å². The largest absolute Gasteiger partial charge is 0.354 e. The van der Waals surface area contributed by atoms with Gasteiger partial charge in [0.1, 0.15) is 0 Å². The number of hydrogen-bond acceptors (Lipinski definition) is 3. The minimum absolute atomic E-state index is 0.0506. The molecule has 5 nitrogen and oxygen atoms in total. The van der Waals surface area contributed by atoms with Gasteiger partial charge in [0.15, 0.2) is 0 Å². The molecule has 3 rings (SSSR count). The van der Waals surface area contributed by atoms with Crippen LogP contribution in [-0.4, -0.2) is 54.3 Å². The molecular weight excluding hydrogens is 290 g/mol. The van der Waals surface area contributed by atoms with Gasteiger partial charge in [-0.1, -0.05) is 30.3 Å². The third-order valence-corrected chi connectivity index (χ3v) is 4.73. The normalized spacial score (nSPS) is 23.2. The van der Waals surface area contributed by atoms with Crippen molar-refractivity contribution in [3.05, 3.63) is 35.9 Å². The third-order valence-electron chi connectivity index (χ3n) is 4.73. The number of hydrogen-bond donors (Lipinski definition) is 1. The Hall–Kier alpha value is -1.88. The molecule has 1 aromatic rings. The number of likely N-dealkylation sites (tertiary alicyclic amines) is 1. The molecule has 23 heavy (non-hydrogen) atoms. The van der Waals surface area contributed by atoms with E-state index in [-0.39, 0.29) is 17.7 Å². The first-order chi connectivity index (χ1) is 11.2. The van der Waals surface area contributed by atoms with Gasteiger partial charge in [-0.25, -0.2) is 0 Å². The van der Waals surface area contributed by atoms with E-state index in [4.69, 9.17) is 0 Å². The molecule has 1 aromatic carbocycles. The molecule has 0 saturated carbocycles. The molecule has 0 unspecified atom stereocenters. The Labute approximate surface area is 137 Å². The van der Waals surface area contributed by atoms with E-state index < -0.39 is 0 Å². The van der Waals surface area contributed by atoms with Crippen molar-refractivity contribution in [2.75, 3.05) is 32.7 Å². The summed E-state index contributed by atoms with van der Waals surface area (Å²) in [4.78, 5) is 28.4. The van der Waals surface area contributed by atoms with Gasteiger partial charge < -0.3 is 10.2 Å². The SMILES string of the molecule is O=C1CCN(C(=O)[C@@H]2CCCN(Cc3ccccc3)C2)CCN1. The first-order valence-electron chi connectivity index (χ1n) is 8.54. The molecule has 2 saturated heterocycles. The van der Waals surface area contributed by atoms with Crippen LogP contribution in [-0.2, 0) is 16.1 Å². The molecule has 0 bridgehead atoms. The second kappa shape index (κ2) is 7.59. The van der Waals surface area contributed by atoms with Crippen LogP contribution in [0.2, 0.25) is 0 Å². The predicted octanol–water partition coefficient (Wildman–Crippen LogP) is 1.25. The summed E-state index contributed by atoms with van der Waals surface area (Å²) < 4.78 is 0. The van der Waals surface area contributed by atoms with Crippen molar-refractivity contribution in [2.24, 2.45) is 5.92 Å². The summed E-state index contributed by atoms with van der Waals surface area (Å²) in [5.74, 6) is 0.342. The number of piperidine rings is 1. The fourth-order valence-electron chi connectivity index (χ4n) is 3.49. The Morgan fingerprint density at radius 1 is 1.17 bits per heavy atom. The Balaban J connectivity index is 1.57. The van der Waals surface area contributed by atoms with Crippen LogP contribution in [0.1, 0.15) is 24.8 Å². The summed E-state index contributed by atoms with van der Waals surface area (Å²) in [6.07, 6.45) is 2.45. The van der Waals surface area contributed by atoms with Crippen molar-refractivity contribution in [3.8, 4) is 0 Å². The minimum Gasteiger partial charge on any atom is -0.354 e. The number of carbonyl (C=O) groups is 2. The van der Waals surface area contributed by atoms with Crippen LogP contribution >= 0.6 is 0 Å². The molecule has 5 heteroatoms. The Kier molecular flexibility index (Phi) is 5.28. The lowest BCUT2D eigenvalue weighted by Gasteiger charge is -2.34. The number of rotatable bonds is 3. The van der Waals surface area contributed by atoms with E-state index in [1.807, 2.05) is 11.0 Å². The smallest absolute Gasteiger partial charge is 0.227 e. The van der Waals surface area contributed by atoms with E-state index in [0.29, 0.717) is 26.1 Å². The molecule has 0 spiro atoms. The van der Waals surface area contributed by atoms with Crippen molar-refractivity contribution in [1.82, 2.24) is 15.1 Å². The first kappa shape index (κ1) is 16.0. The quantitative estimate of drug-likeness (QED) is 0.913. The Bertz CT molecular complexity index is 546. The first-order valence-corrected chi connectivity index (χ1v) is 8.54. The highest BCUT2D eigenvalue weighted by atomic mass is 16.2. The van der Waals surface area contributed by atoms with Crippen molar-refractivity contribution in [3.63, 3.8) is 0 Å². The van der Waals surface area contributed by atoms with Crippen molar-refractivity contribution in [2.45, 2.75) is 25.8 Å². The lowest BCUT2D eigenvalue weighted by Crippen LogP contribution is -2.45. The molecule has 1 atom stereocenters. The fraction of sp³-hybridized carbons (Fsp3) is 0.556. The van der Waals surface area contributed by atoms with E-state index >= 15 is 0 Å². The topological polar surface area (TPSA) is 52.7 Å². The summed E-state index contributed by atoms with van der Waals surface area (Å²) in [6.45, 7) is 4.56. The molecule has 2 heterocycles. The molecule has 2 fully saturated rings. The van der Waals surface area contributed by atoms with Crippen molar-refractivity contribution in [1.29, 1.82) is 0 Å². The molecule has 0 radical (unpaired) electrons. The van der Waals surface area contributed by atoms with E-state index in [1.165, 1.54) is 5.56 Å². The molecule has 2 amide bonds. The molecular formula is C18H25N3O2. The molecule has 2 aliphatic heterocycles. The Morgan fingerprint density at radius 3 is 2.83 bits per heavy atom. The average Bonchev–Trinajstić information content (AvgIpc) is 2.80. The maximum Gasteiger partial charge on any atom is 0.227 e. The van der Waals surface area contributed by atoms with Crippen LogP contribution in [0.15, 0.2) is 30.3 Å². The van der Waals surface area contributed by atoms with Crippen LogP contribution in [0.5, 0.6) is 0 Å². The van der Waals surface area contributed by atoms with Gasteiger partial charge in [-0.2, -0.15) is 0 Å². The van der Waals surface area contributed by atoms with Gasteiger partial charge in [-0.15, -0.1) is 0 Å². The van der Waals surface area contributed by atoms with Gasteiger partial charge >= 0.3 is 0 Å². The number of benzene rings is 1. The Morgan fingerprint density at radius 2 is 2.00 bits per heavy atom.